The van der Waals surface area contributed by atoms with Crippen LogP contribution in [0.2, 0.25) is 0 Å². The lowest BCUT2D eigenvalue weighted by Gasteiger charge is -2.09. The summed E-state index contributed by atoms with van der Waals surface area (Å²) in [6, 6.07) is 16.6. The summed E-state index contributed by atoms with van der Waals surface area (Å²) in [5.41, 5.74) is 2.51. The van der Waals surface area contributed by atoms with Gasteiger partial charge < -0.3 is 0 Å². The third kappa shape index (κ3) is 3.33. The molecule has 92 valence electrons. The number of rotatable bonds is 3. The minimum absolute atomic E-state index is 0.382. The van der Waals surface area contributed by atoms with E-state index in [1.807, 2.05) is 18.2 Å². The summed E-state index contributed by atoms with van der Waals surface area (Å²) in [5.74, 6) is 0.382. The Hall–Kier alpha value is -0.860. The summed E-state index contributed by atoms with van der Waals surface area (Å²) >= 11 is 7.15. The van der Waals surface area contributed by atoms with Crippen molar-refractivity contribution in [1.29, 1.82) is 0 Å². The van der Waals surface area contributed by atoms with Crippen LogP contribution in [0.1, 0.15) is 24.0 Å². The van der Waals surface area contributed by atoms with Crippen LogP contribution >= 0.6 is 31.9 Å². The summed E-state index contributed by atoms with van der Waals surface area (Å²) in [5, 5.41) is 0. The molecule has 0 saturated carbocycles. The monoisotopic (exact) mass is 364 g/mol. The van der Waals surface area contributed by atoms with Gasteiger partial charge in [-0.2, -0.15) is 0 Å². The van der Waals surface area contributed by atoms with E-state index in [-0.39, 0.29) is 0 Å². The zero-order valence-corrected chi connectivity index (χ0v) is 13.3. The molecular formula is C16H14Br2. The van der Waals surface area contributed by atoms with Gasteiger partial charge in [-0.05, 0) is 23.3 Å². The largest absolute Gasteiger partial charge is 0.0766 e. The third-order valence-electron chi connectivity index (χ3n) is 2.87. The van der Waals surface area contributed by atoms with Crippen LogP contribution in [0.3, 0.4) is 0 Å². The predicted molar refractivity (Wildman–Crippen MR) is 85.7 cm³/mol. The first-order valence-corrected chi connectivity index (χ1v) is 7.44. The molecule has 1 unspecified atom stereocenters. The predicted octanol–water partition coefficient (Wildman–Crippen LogP) is 6.03. The van der Waals surface area contributed by atoms with E-state index in [4.69, 9.17) is 0 Å². The number of benzene rings is 2. The van der Waals surface area contributed by atoms with Crippen molar-refractivity contribution in [2.75, 3.05) is 0 Å². The molecule has 2 heteroatoms. The van der Waals surface area contributed by atoms with Gasteiger partial charge in [-0.3, -0.25) is 0 Å². The van der Waals surface area contributed by atoms with Gasteiger partial charge in [0.1, 0.15) is 0 Å². The molecule has 0 amide bonds. The minimum atomic E-state index is 0.382. The van der Waals surface area contributed by atoms with E-state index < -0.39 is 0 Å². The molecule has 1 atom stereocenters. The second-order valence-corrected chi connectivity index (χ2v) is 5.90. The van der Waals surface area contributed by atoms with Crippen LogP contribution in [0, 0.1) is 0 Å². The van der Waals surface area contributed by atoms with Crippen molar-refractivity contribution in [3.8, 4) is 0 Å². The molecule has 2 aromatic carbocycles. The number of allylic oxidation sites excluding steroid dienone is 1. The van der Waals surface area contributed by atoms with Crippen molar-refractivity contribution in [2.24, 2.45) is 0 Å². The van der Waals surface area contributed by atoms with Crippen LogP contribution in [-0.4, -0.2) is 0 Å². The average molecular weight is 366 g/mol. The molecule has 0 aliphatic rings. The highest BCUT2D eigenvalue weighted by Crippen LogP contribution is 2.27. The van der Waals surface area contributed by atoms with Gasteiger partial charge in [-0.25, -0.2) is 0 Å². The molecule has 0 bridgehead atoms. The Morgan fingerprint density at radius 3 is 2.17 bits per heavy atom. The molecule has 0 aliphatic carbocycles. The SMILES string of the molecule is CC(/C=C/c1ccccc1Br)c1ccccc1Br. The molecule has 0 aromatic heterocycles. The lowest BCUT2D eigenvalue weighted by Crippen LogP contribution is -1.90. The van der Waals surface area contributed by atoms with Gasteiger partial charge in [0, 0.05) is 14.9 Å². The smallest absolute Gasteiger partial charge is 0.0247 e. The van der Waals surface area contributed by atoms with E-state index in [0.29, 0.717) is 5.92 Å². The highest BCUT2D eigenvalue weighted by atomic mass is 79.9. The summed E-state index contributed by atoms with van der Waals surface area (Å²) < 4.78 is 2.29. The topological polar surface area (TPSA) is 0 Å². The first kappa shape index (κ1) is 13.6. The fourth-order valence-corrected chi connectivity index (χ4v) is 2.87. The standard InChI is InChI=1S/C16H14Br2/c1-12(14-7-3-5-9-16(14)18)10-11-13-6-2-4-8-15(13)17/h2-12H,1H3/b11-10+. The Labute approximate surface area is 125 Å². The molecule has 0 heterocycles. The van der Waals surface area contributed by atoms with Crippen LogP contribution in [0.5, 0.6) is 0 Å². The summed E-state index contributed by atoms with van der Waals surface area (Å²) in [6.45, 7) is 2.20. The molecule has 2 rings (SSSR count). The van der Waals surface area contributed by atoms with Gasteiger partial charge in [0.05, 0.1) is 0 Å². The molecule has 0 saturated heterocycles. The molecule has 0 aliphatic heterocycles. The summed E-state index contributed by atoms with van der Waals surface area (Å²) in [7, 11) is 0. The van der Waals surface area contributed by atoms with E-state index >= 15 is 0 Å². The molecule has 2 aromatic rings. The Morgan fingerprint density at radius 2 is 1.50 bits per heavy atom. The Kier molecular flexibility index (Phi) is 4.79. The second kappa shape index (κ2) is 6.35. The normalized spacial score (nSPS) is 12.8. The van der Waals surface area contributed by atoms with Gasteiger partial charge in [-0.1, -0.05) is 87.3 Å². The number of hydrogen-bond donors (Lipinski definition) is 0. The lowest BCUT2D eigenvalue weighted by molar-refractivity contribution is 0.965. The quantitative estimate of drug-likeness (QED) is 0.623. The molecule has 0 nitrogen and oxygen atoms in total. The maximum atomic E-state index is 3.59. The van der Waals surface area contributed by atoms with Crippen molar-refractivity contribution in [3.05, 3.63) is 74.7 Å². The molecule has 0 N–H and O–H groups in total. The van der Waals surface area contributed by atoms with Gasteiger partial charge in [-0.15, -0.1) is 0 Å². The van der Waals surface area contributed by atoms with E-state index in [1.54, 1.807) is 0 Å². The van der Waals surface area contributed by atoms with E-state index in [2.05, 4.69) is 81.3 Å². The second-order valence-electron chi connectivity index (χ2n) is 4.19. The van der Waals surface area contributed by atoms with Crippen molar-refractivity contribution < 1.29 is 0 Å². The zero-order chi connectivity index (χ0) is 13.0. The highest BCUT2D eigenvalue weighted by Gasteiger charge is 2.05. The lowest BCUT2D eigenvalue weighted by atomic mass is 10.00. The summed E-state index contributed by atoms with van der Waals surface area (Å²) in [4.78, 5) is 0. The van der Waals surface area contributed by atoms with Gasteiger partial charge >= 0.3 is 0 Å². The number of hydrogen-bond acceptors (Lipinski definition) is 0. The summed E-state index contributed by atoms with van der Waals surface area (Å²) in [6.07, 6.45) is 4.38. The van der Waals surface area contributed by atoms with Crippen LogP contribution in [0.4, 0.5) is 0 Å². The van der Waals surface area contributed by atoms with Crippen molar-refractivity contribution in [1.82, 2.24) is 0 Å². The Bertz CT molecular complexity index is 559. The van der Waals surface area contributed by atoms with Crippen molar-refractivity contribution >= 4 is 37.9 Å². The van der Waals surface area contributed by atoms with Crippen molar-refractivity contribution in [2.45, 2.75) is 12.8 Å². The molecule has 0 radical (unpaired) electrons. The first-order chi connectivity index (χ1) is 8.68. The van der Waals surface area contributed by atoms with Crippen LogP contribution in [-0.2, 0) is 0 Å². The van der Waals surface area contributed by atoms with Crippen LogP contribution < -0.4 is 0 Å². The fraction of sp³-hybridized carbons (Fsp3) is 0.125. The fourth-order valence-electron chi connectivity index (χ4n) is 1.81. The van der Waals surface area contributed by atoms with Crippen LogP contribution in [0.15, 0.2) is 63.6 Å². The van der Waals surface area contributed by atoms with E-state index in [0.717, 1.165) is 8.95 Å². The zero-order valence-electron chi connectivity index (χ0n) is 10.1. The Balaban J connectivity index is 2.20. The van der Waals surface area contributed by atoms with Gasteiger partial charge in [0.15, 0.2) is 0 Å². The molecule has 18 heavy (non-hydrogen) atoms. The maximum Gasteiger partial charge on any atom is 0.0247 e. The first-order valence-electron chi connectivity index (χ1n) is 5.85. The molecule has 0 spiro atoms. The van der Waals surface area contributed by atoms with E-state index in [9.17, 15) is 0 Å². The van der Waals surface area contributed by atoms with Gasteiger partial charge in [0.2, 0.25) is 0 Å². The Morgan fingerprint density at radius 1 is 0.889 bits per heavy atom. The molecular weight excluding hydrogens is 352 g/mol. The minimum Gasteiger partial charge on any atom is -0.0766 e. The average Bonchev–Trinajstić information content (AvgIpc) is 2.38. The van der Waals surface area contributed by atoms with E-state index in [1.165, 1.54) is 11.1 Å². The van der Waals surface area contributed by atoms with Crippen LogP contribution in [0.25, 0.3) is 6.08 Å². The third-order valence-corrected chi connectivity index (χ3v) is 4.31. The maximum absolute atomic E-state index is 3.59. The van der Waals surface area contributed by atoms with Gasteiger partial charge in [0.25, 0.3) is 0 Å². The number of halogens is 2. The highest BCUT2D eigenvalue weighted by molar-refractivity contribution is 9.10. The molecule has 0 fully saturated rings. The van der Waals surface area contributed by atoms with Crippen molar-refractivity contribution in [3.63, 3.8) is 0 Å².